The molecule has 0 saturated carbocycles. The molecular formula is C29H38BrP. The standard InChI is InChI=1S/C18H15P.C11H23Br/c1-4-10-16(11-5-1)19(17-12-6-2-7-13-17)18-14-8-3-9-15-18;1-2-3-4-5-6-7-8-9-10-11-12/h1-15H;2-11H2,1H3. The predicted octanol–water partition coefficient (Wildman–Crippen LogP) is 8.36. The maximum absolute atomic E-state index is 3.45. The fraction of sp³-hybridized carbons (Fsp3) is 0.379. The summed E-state index contributed by atoms with van der Waals surface area (Å²) < 4.78 is 0. The van der Waals surface area contributed by atoms with Crippen LogP contribution in [-0.2, 0) is 0 Å². The second kappa shape index (κ2) is 17.2. The van der Waals surface area contributed by atoms with E-state index in [1.807, 2.05) is 0 Å². The lowest BCUT2D eigenvalue weighted by Crippen LogP contribution is -2.20. The van der Waals surface area contributed by atoms with Crippen molar-refractivity contribution in [3.63, 3.8) is 0 Å². The molecule has 0 atom stereocenters. The van der Waals surface area contributed by atoms with Gasteiger partial charge in [-0.2, -0.15) is 0 Å². The molecular weight excluding hydrogens is 459 g/mol. The third kappa shape index (κ3) is 10.6. The van der Waals surface area contributed by atoms with Gasteiger partial charge in [0.05, 0.1) is 0 Å². The number of halogens is 1. The van der Waals surface area contributed by atoms with Crippen molar-refractivity contribution in [1.82, 2.24) is 0 Å². The first-order valence-electron chi connectivity index (χ1n) is 11.9. The summed E-state index contributed by atoms with van der Waals surface area (Å²) >= 11 is 3.45. The van der Waals surface area contributed by atoms with Crippen LogP contribution in [0.2, 0.25) is 0 Å². The minimum absolute atomic E-state index is 0.446. The summed E-state index contributed by atoms with van der Waals surface area (Å²) in [5, 5.41) is 5.38. The lowest BCUT2D eigenvalue weighted by atomic mass is 10.1. The molecule has 3 rings (SSSR count). The number of hydrogen-bond acceptors (Lipinski definition) is 0. The zero-order valence-electron chi connectivity index (χ0n) is 19.1. The quantitative estimate of drug-likeness (QED) is 0.134. The summed E-state index contributed by atoms with van der Waals surface area (Å²) in [6, 6.07) is 32.3. The molecule has 0 bridgehead atoms. The molecule has 3 aromatic carbocycles. The van der Waals surface area contributed by atoms with E-state index in [1.165, 1.54) is 79.0 Å². The second-order valence-electron chi connectivity index (χ2n) is 7.86. The smallest absolute Gasteiger partial charge is 0.00313 e. The Labute approximate surface area is 200 Å². The van der Waals surface area contributed by atoms with Gasteiger partial charge in [0.1, 0.15) is 0 Å². The number of benzene rings is 3. The van der Waals surface area contributed by atoms with E-state index in [0.29, 0.717) is 0 Å². The monoisotopic (exact) mass is 496 g/mol. The molecule has 0 saturated heterocycles. The molecule has 3 aromatic rings. The van der Waals surface area contributed by atoms with Gasteiger partial charge in [-0.25, -0.2) is 0 Å². The second-order valence-corrected chi connectivity index (χ2v) is 10.9. The minimum atomic E-state index is -0.446. The molecule has 0 N–H and O–H groups in total. The third-order valence-electron chi connectivity index (χ3n) is 5.28. The van der Waals surface area contributed by atoms with Gasteiger partial charge in [-0.05, 0) is 30.3 Å². The van der Waals surface area contributed by atoms with Crippen molar-refractivity contribution in [3.05, 3.63) is 91.0 Å². The summed E-state index contributed by atoms with van der Waals surface area (Å²) in [6.45, 7) is 2.27. The Kier molecular flexibility index (Phi) is 14.3. The number of hydrogen-bond donors (Lipinski definition) is 0. The molecule has 0 fully saturated rings. The molecule has 0 unspecified atom stereocenters. The summed E-state index contributed by atoms with van der Waals surface area (Å²) in [4.78, 5) is 0. The molecule has 0 heterocycles. The Hall–Kier alpha value is -1.43. The molecule has 166 valence electrons. The summed E-state index contributed by atoms with van der Waals surface area (Å²) in [6.07, 6.45) is 12.8. The molecule has 2 heteroatoms. The first kappa shape index (κ1) is 25.8. The van der Waals surface area contributed by atoms with Gasteiger partial charge in [-0.1, -0.05) is 165 Å². The number of rotatable bonds is 12. The Balaban J connectivity index is 0.000000248. The highest BCUT2D eigenvalue weighted by Crippen LogP contribution is 2.32. The van der Waals surface area contributed by atoms with Crippen LogP contribution in [0.3, 0.4) is 0 Å². The Morgan fingerprint density at radius 2 is 0.806 bits per heavy atom. The summed E-state index contributed by atoms with van der Waals surface area (Å²) in [5.74, 6) is 0. The van der Waals surface area contributed by atoms with Gasteiger partial charge < -0.3 is 0 Å². The van der Waals surface area contributed by atoms with Crippen molar-refractivity contribution in [2.24, 2.45) is 0 Å². The maximum Gasteiger partial charge on any atom is 0.00313 e. The first-order valence-corrected chi connectivity index (χ1v) is 14.3. The molecule has 0 radical (unpaired) electrons. The molecule has 0 aliphatic carbocycles. The highest BCUT2D eigenvalue weighted by Gasteiger charge is 2.14. The topological polar surface area (TPSA) is 0 Å². The van der Waals surface area contributed by atoms with Crippen LogP contribution in [0.4, 0.5) is 0 Å². The highest BCUT2D eigenvalue weighted by molar-refractivity contribution is 9.09. The van der Waals surface area contributed by atoms with E-state index in [-0.39, 0.29) is 0 Å². The molecule has 0 aromatic heterocycles. The maximum atomic E-state index is 3.45. The molecule has 0 spiro atoms. The molecule has 31 heavy (non-hydrogen) atoms. The van der Waals surface area contributed by atoms with Gasteiger partial charge in [0.2, 0.25) is 0 Å². The van der Waals surface area contributed by atoms with Gasteiger partial charge in [0.15, 0.2) is 0 Å². The van der Waals surface area contributed by atoms with Crippen molar-refractivity contribution in [2.45, 2.75) is 64.7 Å². The number of unbranched alkanes of at least 4 members (excludes halogenated alkanes) is 8. The average molecular weight is 498 g/mol. The van der Waals surface area contributed by atoms with E-state index in [0.717, 1.165) is 0 Å². The van der Waals surface area contributed by atoms with Crippen LogP contribution in [0.25, 0.3) is 0 Å². The lowest BCUT2D eigenvalue weighted by molar-refractivity contribution is 0.573. The van der Waals surface area contributed by atoms with E-state index in [2.05, 4.69) is 114 Å². The first-order chi connectivity index (χ1) is 15.4. The molecule has 0 aliphatic rings. The van der Waals surface area contributed by atoms with Crippen molar-refractivity contribution in [3.8, 4) is 0 Å². The van der Waals surface area contributed by atoms with E-state index in [9.17, 15) is 0 Å². The Morgan fingerprint density at radius 1 is 0.484 bits per heavy atom. The van der Waals surface area contributed by atoms with Gasteiger partial charge >= 0.3 is 0 Å². The van der Waals surface area contributed by atoms with Crippen LogP contribution in [0.15, 0.2) is 91.0 Å². The zero-order chi connectivity index (χ0) is 22.0. The molecule has 0 nitrogen and oxygen atoms in total. The Bertz CT molecular complexity index is 670. The summed E-state index contributed by atoms with van der Waals surface area (Å²) in [5.41, 5.74) is 0. The van der Waals surface area contributed by atoms with Crippen molar-refractivity contribution < 1.29 is 0 Å². The van der Waals surface area contributed by atoms with Gasteiger partial charge in [-0.15, -0.1) is 0 Å². The zero-order valence-corrected chi connectivity index (χ0v) is 21.5. The van der Waals surface area contributed by atoms with E-state index >= 15 is 0 Å². The average Bonchev–Trinajstić information content (AvgIpc) is 2.84. The van der Waals surface area contributed by atoms with E-state index in [4.69, 9.17) is 0 Å². The van der Waals surface area contributed by atoms with Crippen LogP contribution in [-0.4, -0.2) is 5.33 Å². The van der Waals surface area contributed by atoms with Gasteiger partial charge in [0, 0.05) is 5.33 Å². The molecule has 0 aliphatic heterocycles. The normalized spacial score (nSPS) is 10.5. The Morgan fingerprint density at radius 3 is 1.13 bits per heavy atom. The van der Waals surface area contributed by atoms with Crippen molar-refractivity contribution in [2.75, 3.05) is 5.33 Å². The van der Waals surface area contributed by atoms with Crippen LogP contribution in [0, 0.1) is 0 Å². The number of alkyl halides is 1. The minimum Gasteiger partial charge on any atom is -0.0928 e. The largest absolute Gasteiger partial charge is 0.0928 e. The van der Waals surface area contributed by atoms with Crippen LogP contribution in [0.1, 0.15) is 64.7 Å². The van der Waals surface area contributed by atoms with E-state index in [1.54, 1.807) is 0 Å². The van der Waals surface area contributed by atoms with Crippen molar-refractivity contribution in [1.29, 1.82) is 0 Å². The lowest BCUT2D eigenvalue weighted by Gasteiger charge is -2.18. The van der Waals surface area contributed by atoms with Gasteiger partial charge in [-0.3, -0.25) is 0 Å². The summed E-state index contributed by atoms with van der Waals surface area (Å²) in [7, 11) is -0.446. The predicted molar refractivity (Wildman–Crippen MR) is 146 cm³/mol. The SMILES string of the molecule is CCCCCCCCCCCBr.c1ccc(P(c2ccccc2)c2ccccc2)cc1. The molecule has 0 amide bonds. The fourth-order valence-corrected chi connectivity index (χ4v) is 6.29. The van der Waals surface area contributed by atoms with Crippen molar-refractivity contribution >= 4 is 39.8 Å². The highest BCUT2D eigenvalue weighted by atomic mass is 79.9. The van der Waals surface area contributed by atoms with Gasteiger partial charge in [0.25, 0.3) is 0 Å². The van der Waals surface area contributed by atoms with E-state index < -0.39 is 7.92 Å². The fourth-order valence-electron chi connectivity index (χ4n) is 3.58. The van der Waals surface area contributed by atoms with Crippen LogP contribution < -0.4 is 15.9 Å². The third-order valence-corrected chi connectivity index (χ3v) is 8.28. The van der Waals surface area contributed by atoms with Crippen LogP contribution >= 0.6 is 23.9 Å². The van der Waals surface area contributed by atoms with Crippen LogP contribution in [0.5, 0.6) is 0 Å².